The Hall–Kier alpha value is -5.33. The molecule has 2 aliphatic rings. The van der Waals surface area contributed by atoms with Crippen LogP contribution < -0.4 is 32.3 Å². The molecule has 9 N–H and O–H groups in total. The van der Waals surface area contributed by atoms with Crippen molar-refractivity contribution in [3.8, 4) is 0 Å². The second kappa shape index (κ2) is 26.6. The van der Waals surface area contributed by atoms with Crippen molar-refractivity contribution in [1.29, 1.82) is 0 Å². The van der Waals surface area contributed by atoms with E-state index in [4.69, 9.17) is 26.7 Å². The van der Waals surface area contributed by atoms with E-state index in [1.807, 2.05) is 19.1 Å². The number of aliphatic imine (C=N–C) groups is 1. The van der Waals surface area contributed by atoms with Crippen LogP contribution in [-0.4, -0.2) is 114 Å². The highest BCUT2D eigenvalue weighted by Crippen LogP contribution is 2.29. The fourth-order valence-corrected chi connectivity index (χ4v) is 9.06. The number of nitrogens with zero attached hydrogens (tertiary/aromatic N) is 8. The largest absolute Gasteiger partial charge is 0.402 e. The number of aliphatic hydroxyl groups excluding tert-OH is 2. The van der Waals surface area contributed by atoms with Gasteiger partial charge in [0.25, 0.3) is 0 Å². The average Bonchev–Trinajstić information content (AvgIpc) is 4.09. The molecule has 5 heterocycles. The minimum absolute atomic E-state index is 0.282. The molecule has 0 bridgehead atoms. The highest BCUT2D eigenvalue weighted by atomic mass is 79.9. The van der Waals surface area contributed by atoms with Gasteiger partial charge in [-0.25, -0.2) is 26.8 Å². The summed E-state index contributed by atoms with van der Waals surface area (Å²) in [5.74, 6) is 4.20. The molecule has 4 aromatic heterocycles. The van der Waals surface area contributed by atoms with Crippen molar-refractivity contribution in [1.82, 2.24) is 29.2 Å². The van der Waals surface area contributed by atoms with Gasteiger partial charge in [-0.1, -0.05) is 33.1 Å². The Kier molecular flexibility index (Phi) is 21.7. The van der Waals surface area contributed by atoms with Crippen molar-refractivity contribution in [3.05, 3.63) is 93.8 Å². The monoisotopic (exact) mass is 1120 g/mol. The normalized spacial score (nSPS) is 14.4. The van der Waals surface area contributed by atoms with Crippen LogP contribution in [0.5, 0.6) is 0 Å². The molecule has 1 saturated heterocycles. The van der Waals surface area contributed by atoms with Gasteiger partial charge in [0, 0.05) is 75.6 Å². The number of aromatic nitrogens is 6. The van der Waals surface area contributed by atoms with Crippen LogP contribution in [0.2, 0.25) is 0 Å². The first-order chi connectivity index (χ1) is 32.8. The number of aliphatic hydroxyl groups is 2. The Morgan fingerprint density at radius 1 is 0.754 bits per heavy atom. The minimum Gasteiger partial charge on any atom is -0.402 e. The molecule has 376 valence electrons. The molecule has 0 spiro atoms. The van der Waals surface area contributed by atoms with E-state index in [0.717, 1.165) is 88.8 Å². The van der Waals surface area contributed by atoms with Crippen molar-refractivity contribution in [2.24, 2.45) is 22.4 Å². The van der Waals surface area contributed by atoms with Crippen molar-refractivity contribution in [3.63, 3.8) is 0 Å². The van der Waals surface area contributed by atoms with Gasteiger partial charge in [-0.2, -0.15) is 19.2 Å². The third-order valence-corrected chi connectivity index (χ3v) is 13.7. The summed E-state index contributed by atoms with van der Waals surface area (Å²) < 4.78 is 51.5. The number of amidine groups is 1. The van der Waals surface area contributed by atoms with Gasteiger partial charge < -0.3 is 42.5 Å². The summed E-state index contributed by atoms with van der Waals surface area (Å²) in [6.45, 7) is 8.88. The van der Waals surface area contributed by atoms with Crippen LogP contribution >= 0.6 is 31.9 Å². The fraction of sp³-hybridized carbons (Fsp3) is 0.413. The zero-order chi connectivity index (χ0) is 50.9. The summed E-state index contributed by atoms with van der Waals surface area (Å²) in [4.78, 5) is 16.6. The van der Waals surface area contributed by atoms with Crippen LogP contribution in [0.4, 0.5) is 34.6 Å². The number of halogens is 2. The first-order valence-electron chi connectivity index (χ1n) is 22.2. The number of nitrogens with one attached hydrogen (secondary N) is 3. The lowest BCUT2D eigenvalue weighted by atomic mass is 9.96. The van der Waals surface area contributed by atoms with Crippen LogP contribution in [0, 0.1) is 5.92 Å². The van der Waals surface area contributed by atoms with E-state index >= 15 is 0 Å². The van der Waals surface area contributed by atoms with Gasteiger partial charge in [-0.15, -0.1) is 0 Å². The molecule has 19 nitrogen and oxygen atoms in total. The lowest BCUT2D eigenvalue weighted by molar-refractivity contribution is 0.399. The predicted octanol–water partition coefficient (Wildman–Crippen LogP) is 7.70. The third kappa shape index (κ3) is 16.9. The fourth-order valence-electron chi connectivity index (χ4n) is 7.10. The molecule has 0 amide bonds. The molecule has 69 heavy (non-hydrogen) atoms. The molecular formula is C46H65Br2N13O6S2. The smallest absolute Gasteiger partial charge is 0.175 e. The molecule has 23 heteroatoms. The maximum absolute atomic E-state index is 11.6. The number of allylic oxidation sites excluding steroid dienone is 1. The summed E-state index contributed by atoms with van der Waals surface area (Å²) >= 11 is 6.97. The van der Waals surface area contributed by atoms with Crippen LogP contribution in [0.15, 0.2) is 109 Å². The van der Waals surface area contributed by atoms with E-state index < -0.39 is 19.7 Å². The van der Waals surface area contributed by atoms with Crippen molar-refractivity contribution < 1.29 is 27.0 Å². The highest BCUT2D eigenvalue weighted by Gasteiger charge is 2.19. The maximum Gasteiger partial charge on any atom is 0.175 e. The van der Waals surface area contributed by atoms with Gasteiger partial charge in [-0.3, -0.25) is 4.99 Å². The number of anilines is 6. The van der Waals surface area contributed by atoms with E-state index in [1.54, 1.807) is 76.0 Å². The van der Waals surface area contributed by atoms with Crippen molar-refractivity contribution >= 4 is 103 Å². The SMILES string of the molecule is C/C(N)=C\C(N)=NC1CCCCC1.CC(C)CNc1cc(Nc2ccc(S(C)(=O)=O)cc2)n2ncc(Br)c2n1.CO.CO.CS(=O)(=O)c1ccc(Nc2cc(N3CCCC3)nc3c(Br)cnn23)cc1. The van der Waals surface area contributed by atoms with Gasteiger partial charge in [0.15, 0.2) is 31.0 Å². The molecule has 2 aromatic carbocycles. The first kappa shape index (κ1) is 56.3. The summed E-state index contributed by atoms with van der Waals surface area (Å²) in [5.41, 5.74) is 14.9. The number of fused-ring (bicyclic) bond motifs is 2. The lowest BCUT2D eigenvalue weighted by Gasteiger charge is -2.18. The second-order valence-corrected chi connectivity index (χ2v) is 22.3. The summed E-state index contributed by atoms with van der Waals surface area (Å²) in [5, 5.41) is 32.6. The van der Waals surface area contributed by atoms with Crippen molar-refractivity contribution in [2.45, 2.75) is 81.5 Å². The highest BCUT2D eigenvalue weighted by molar-refractivity contribution is 9.11. The van der Waals surface area contributed by atoms with Crippen LogP contribution in [0.25, 0.3) is 11.3 Å². The molecule has 0 unspecified atom stereocenters. The number of hydrogen-bond donors (Lipinski definition) is 7. The molecule has 8 rings (SSSR count). The van der Waals surface area contributed by atoms with E-state index in [0.29, 0.717) is 28.3 Å². The third-order valence-electron chi connectivity index (χ3n) is 10.4. The number of nitrogens with two attached hydrogens (primary N) is 2. The molecule has 0 atom stereocenters. The summed E-state index contributed by atoms with van der Waals surface area (Å²) in [7, 11) is -4.43. The van der Waals surface area contributed by atoms with Crippen LogP contribution in [0.1, 0.15) is 65.7 Å². The number of hydrogen-bond acceptors (Lipinski definition) is 16. The Bertz CT molecular complexity index is 2860. The summed E-state index contributed by atoms with van der Waals surface area (Å²) in [6.07, 6.45) is 16.1. The number of rotatable bonds is 12. The Morgan fingerprint density at radius 2 is 1.22 bits per heavy atom. The molecule has 2 fully saturated rings. The van der Waals surface area contributed by atoms with Crippen LogP contribution in [0.3, 0.4) is 0 Å². The predicted molar refractivity (Wildman–Crippen MR) is 285 cm³/mol. The number of sulfone groups is 2. The van der Waals surface area contributed by atoms with E-state index in [2.05, 4.69) is 86.7 Å². The van der Waals surface area contributed by atoms with E-state index in [1.165, 1.54) is 57.5 Å². The molecule has 1 aliphatic carbocycles. The standard InChI is InChI=1S/C17H18BrN5O2S.C17H20BrN5O2S.C10H19N3.2CH4O/c1-26(24,25)13-6-4-12(5-7-13)20-16-10-15(22-8-2-3-9-22)21-17-14(18)11-19-23(16)17;1-11(2)9-19-15-8-16(23-17(22-15)14(18)10-20-23)21-12-4-6-13(7-5-12)26(3,24)25;1-8(11)7-10(12)13-9-5-3-2-4-6-9;2*1-2/h4-7,10-11,20H,2-3,8-9H2,1H3;4-8,10-11,21H,9H2,1-3H3,(H,19,22);7,9H,2-6,11H2,1H3,(H2,12,13);2*2H,1H3/b;;8-7+;;. The lowest BCUT2D eigenvalue weighted by Crippen LogP contribution is -2.19. The average molecular weight is 1120 g/mol. The van der Waals surface area contributed by atoms with Gasteiger partial charge in [0.2, 0.25) is 0 Å². The van der Waals surface area contributed by atoms with Gasteiger partial charge in [-0.05, 0) is 125 Å². The Balaban J connectivity index is 0.000000229. The molecule has 1 aliphatic heterocycles. The zero-order valence-electron chi connectivity index (χ0n) is 40.1. The van der Waals surface area contributed by atoms with E-state index in [-0.39, 0.29) is 4.90 Å². The Labute approximate surface area is 422 Å². The van der Waals surface area contributed by atoms with Gasteiger partial charge in [0.05, 0.1) is 37.2 Å². The molecular weight excluding hydrogens is 1050 g/mol. The quantitative estimate of drug-likeness (QED) is 0.0457. The van der Waals surface area contributed by atoms with E-state index in [9.17, 15) is 16.8 Å². The first-order valence-corrected chi connectivity index (χ1v) is 27.6. The van der Waals surface area contributed by atoms with Crippen LogP contribution in [-0.2, 0) is 19.7 Å². The number of benzene rings is 2. The van der Waals surface area contributed by atoms with Gasteiger partial charge >= 0.3 is 0 Å². The minimum atomic E-state index is -3.22. The van der Waals surface area contributed by atoms with Gasteiger partial charge in [0.1, 0.15) is 29.1 Å². The molecule has 0 radical (unpaired) electrons. The second-order valence-electron chi connectivity index (χ2n) is 16.5. The Morgan fingerprint density at radius 3 is 1.67 bits per heavy atom. The maximum atomic E-state index is 11.6. The molecule has 6 aromatic rings. The topological polar surface area (TPSA) is 273 Å². The van der Waals surface area contributed by atoms with Crippen molar-refractivity contribution in [2.75, 3.05) is 67.2 Å². The molecule has 1 saturated carbocycles. The zero-order valence-corrected chi connectivity index (χ0v) is 44.9. The summed E-state index contributed by atoms with van der Waals surface area (Å²) in [6, 6.07) is 17.6.